The van der Waals surface area contributed by atoms with Gasteiger partial charge in [-0.1, -0.05) is 24.3 Å². The van der Waals surface area contributed by atoms with Crippen LogP contribution in [-0.2, 0) is 9.59 Å². The standard InChI is InChI=1S/C23H26N2O4/c1-23(2,22(28)25-15-3-4-19(16-25)21(26)27)29-20-9-7-17(8-10-20)5-6-18-11-13-24-14-12-18/h5-14,19H,3-4,15-16H2,1-2H3,(H,26,27)/b6-5+. The number of pyridine rings is 1. The predicted octanol–water partition coefficient (Wildman–Crippen LogP) is 3.73. The number of hydrogen-bond acceptors (Lipinski definition) is 4. The van der Waals surface area contributed by atoms with Gasteiger partial charge >= 0.3 is 5.97 Å². The molecule has 1 aromatic heterocycles. The third kappa shape index (κ3) is 5.44. The fourth-order valence-electron chi connectivity index (χ4n) is 3.40. The van der Waals surface area contributed by atoms with E-state index < -0.39 is 17.5 Å². The Morgan fingerprint density at radius 3 is 2.34 bits per heavy atom. The van der Waals surface area contributed by atoms with Gasteiger partial charge in [0.25, 0.3) is 5.91 Å². The van der Waals surface area contributed by atoms with Crippen molar-refractivity contribution in [3.63, 3.8) is 0 Å². The van der Waals surface area contributed by atoms with Crippen LogP contribution >= 0.6 is 0 Å². The topological polar surface area (TPSA) is 79.7 Å². The lowest BCUT2D eigenvalue weighted by molar-refractivity contribution is -0.151. The van der Waals surface area contributed by atoms with Crippen LogP contribution in [0.25, 0.3) is 12.2 Å². The minimum absolute atomic E-state index is 0.190. The van der Waals surface area contributed by atoms with Crippen molar-refractivity contribution >= 4 is 24.0 Å². The Hall–Kier alpha value is -3.15. The highest BCUT2D eigenvalue weighted by atomic mass is 16.5. The number of ether oxygens (including phenoxy) is 1. The predicted molar refractivity (Wildman–Crippen MR) is 111 cm³/mol. The Labute approximate surface area is 170 Å². The Balaban J connectivity index is 1.63. The van der Waals surface area contributed by atoms with Gasteiger partial charge in [-0.25, -0.2) is 0 Å². The SMILES string of the molecule is CC(C)(Oc1ccc(/C=C/c2ccncc2)cc1)C(=O)N1CCCC(C(=O)O)C1. The Kier molecular flexibility index (Phi) is 6.32. The van der Waals surface area contributed by atoms with Crippen molar-refractivity contribution in [1.82, 2.24) is 9.88 Å². The summed E-state index contributed by atoms with van der Waals surface area (Å²) in [6, 6.07) is 11.4. The molecule has 1 saturated heterocycles. The van der Waals surface area contributed by atoms with Crippen LogP contribution in [0.2, 0.25) is 0 Å². The third-order valence-corrected chi connectivity index (χ3v) is 5.00. The first kappa shape index (κ1) is 20.6. The smallest absolute Gasteiger partial charge is 0.308 e. The number of rotatable bonds is 6. The molecule has 3 rings (SSSR count). The molecule has 1 fully saturated rings. The number of carbonyl (C=O) groups is 2. The van der Waals surface area contributed by atoms with E-state index in [2.05, 4.69) is 4.98 Å². The molecule has 1 aromatic carbocycles. The maximum absolute atomic E-state index is 12.9. The van der Waals surface area contributed by atoms with Crippen LogP contribution in [0.4, 0.5) is 0 Å². The molecule has 0 spiro atoms. The van der Waals surface area contributed by atoms with Gasteiger partial charge in [-0.2, -0.15) is 0 Å². The molecule has 0 bridgehead atoms. The second-order valence-corrected chi connectivity index (χ2v) is 7.72. The highest BCUT2D eigenvalue weighted by molar-refractivity contribution is 5.85. The molecule has 0 saturated carbocycles. The zero-order chi connectivity index (χ0) is 20.9. The average molecular weight is 394 g/mol. The van der Waals surface area contributed by atoms with E-state index in [1.165, 1.54) is 0 Å². The molecule has 1 atom stereocenters. The number of carboxylic acid groups (broad SMARTS) is 1. The van der Waals surface area contributed by atoms with E-state index in [9.17, 15) is 14.7 Å². The van der Waals surface area contributed by atoms with E-state index in [4.69, 9.17) is 4.74 Å². The Morgan fingerprint density at radius 2 is 1.72 bits per heavy atom. The van der Waals surface area contributed by atoms with Crippen LogP contribution in [0.15, 0.2) is 48.8 Å². The highest BCUT2D eigenvalue weighted by Crippen LogP contribution is 2.24. The summed E-state index contributed by atoms with van der Waals surface area (Å²) in [4.78, 5) is 29.8. The molecule has 1 unspecified atom stereocenters. The number of carboxylic acids is 1. The molecule has 6 heteroatoms. The molecular formula is C23H26N2O4. The van der Waals surface area contributed by atoms with Gasteiger partial charge in [-0.15, -0.1) is 0 Å². The van der Waals surface area contributed by atoms with Gasteiger partial charge in [0.2, 0.25) is 0 Å². The van der Waals surface area contributed by atoms with E-state index in [0.717, 1.165) is 11.1 Å². The fourth-order valence-corrected chi connectivity index (χ4v) is 3.40. The lowest BCUT2D eigenvalue weighted by Gasteiger charge is -2.36. The number of carbonyl (C=O) groups excluding carboxylic acids is 1. The van der Waals surface area contributed by atoms with Crippen molar-refractivity contribution in [3.8, 4) is 5.75 Å². The van der Waals surface area contributed by atoms with Gasteiger partial charge in [0, 0.05) is 25.5 Å². The van der Waals surface area contributed by atoms with Crippen LogP contribution in [0.5, 0.6) is 5.75 Å². The van der Waals surface area contributed by atoms with E-state index in [-0.39, 0.29) is 12.5 Å². The zero-order valence-electron chi connectivity index (χ0n) is 16.7. The van der Waals surface area contributed by atoms with Gasteiger partial charge < -0.3 is 14.7 Å². The summed E-state index contributed by atoms with van der Waals surface area (Å²) in [6.45, 7) is 4.24. The summed E-state index contributed by atoms with van der Waals surface area (Å²) in [5.41, 5.74) is 1.00. The number of likely N-dealkylation sites (tertiary alicyclic amines) is 1. The number of aromatic nitrogens is 1. The normalized spacial score (nSPS) is 17.3. The van der Waals surface area contributed by atoms with E-state index >= 15 is 0 Å². The molecule has 1 aliphatic rings. The van der Waals surface area contributed by atoms with E-state index in [1.807, 2.05) is 48.6 Å². The van der Waals surface area contributed by atoms with Crippen molar-refractivity contribution in [3.05, 3.63) is 59.9 Å². The fraction of sp³-hybridized carbons (Fsp3) is 0.348. The van der Waals surface area contributed by atoms with Crippen LogP contribution in [0, 0.1) is 5.92 Å². The quantitative estimate of drug-likeness (QED) is 0.807. The first-order valence-electron chi connectivity index (χ1n) is 9.74. The Bertz CT molecular complexity index is 876. The maximum Gasteiger partial charge on any atom is 0.308 e. The first-order valence-corrected chi connectivity index (χ1v) is 9.74. The molecular weight excluding hydrogens is 368 g/mol. The molecule has 2 heterocycles. The van der Waals surface area contributed by atoms with Crippen LogP contribution in [0.1, 0.15) is 37.8 Å². The second kappa shape index (κ2) is 8.90. The minimum Gasteiger partial charge on any atom is -0.481 e. The van der Waals surface area contributed by atoms with Gasteiger partial charge in [0.15, 0.2) is 5.60 Å². The molecule has 6 nitrogen and oxygen atoms in total. The first-order chi connectivity index (χ1) is 13.8. The van der Waals surface area contributed by atoms with Crippen molar-refractivity contribution < 1.29 is 19.4 Å². The molecule has 1 aliphatic heterocycles. The summed E-state index contributed by atoms with van der Waals surface area (Å²) in [5, 5.41) is 9.24. The van der Waals surface area contributed by atoms with Gasteiger partial charge in [0.1, 0.15) is 5.75 Å². The summed E-state index contributed by atoms with van der Waals surface area (Å²) in [6.07, 6.45) is 8.79. The number of hydrogen-bond donors (Lipinski definition) is 1. The Morgan fingerprint density at radius 1 is 1.10 bits per heavy atom. The maximum atomic E-state index is 12.9. The van der Waals surface area contributed by atoms with Crippen LogP contribution in [-0.4, -0.2) is 45.6 Å². The minimum atomic E-state index is -1.07. The van der Waals surface area contributed by atoms with Gasteiger partial charge in [-0.3, -0.25) is 14.6 Å². The molecule has 152 valence electrons. The van der Waals surface area contributed by atoms with Crippen molar-refractivity contribution in [2.24, 2.45) is 5.92 Å². The van der Waals surface area contributed by atoms with E-state index in [1.54, 1.807) is 31.1 Å². The van der Waals surface area contributed by atoms with Crippen molar-refractivity contribution in [2.45, 2.75) is 32.3 Å². The molecule has 0 aliphatic carbocycles. The second-order valence-electron chi connectivity index (χ2n) is 7.72. The highest BCUT2D eigenvalue weighted by Gasteiger charge is 2.37. The number of amides is 1. The lowest BCUT2D eigenvalue weighted by atomic mass is 9.96. The van der Waals surface area contributed by atoms with Crippen LogP contribution in [0.3, 0.4) is 0 Å². The molecule has 0 radical (unpaired) electrons. The van der Waals surface area contributed by atoms with Crippen molar-refractivity contribution in [2.75, 3.05) is 13.1 Å². The zero-order valence-corrected chi connectivity index (χ0v) is 16.7. The lowest BCUT2D eigenvalue weighted by Crippen LogP contribution is -2.52. The van der Waals surface area contributed by atoms with Crippen LogP contribution < -0.4 is 4.74 Å². The molecule has 1 amide bonds. The molecule has 1 N–H and O–H groups in total. The average Bonchev–Trinajstić information content (AvgIpc) is 2.73. The molecule has 2 aromatic rings. The van der Waals surface area contributed by atoms with Crippen molar-refractivity contribution in [1.29, 1.82) is 0 Å². The summed E-state index contributed by atoms with van der Waals surface area (Å²) < 4.78 is 5.96. The number of aliphatic carboxylic acids is 1. The van der Waals surface area contributed by atoms with E-state index in [0.29, 0.717) is 25.1 Å². The monoisotopic (exact) mass is 394 g/mol. The summed E-state index contributed by atoms with van der Waals surface area (Å²) in [5.74, 6) is -0.951. The number of nitrogens with zero attached hydrogens (tertiary/aromatic N) is 2. The summed E-state index contributed by atoms with van der Waals surface area (Å²) in [7, 11) is 0. The number of piperidine rings is 1. The summed E-state index contributed by atoms with van der Waals surface area (Å²) >= 11 is 0. The largest absolute Gasteiger partial charge is 0.481 e. The number of benzene rings is 1. The van der Waals surface area contributed by atoms with Gasteiger partial charge in [0.05, 0.1) is 5.92 Å². The third-order valence-electron chi connectivity index (χ3n) is 5.00. The van der Waals surface area contributed by atoms with Gasteiger partial charge in [-0.05, 0) is 62.1 Å². The molecule has 29 heavy (non-hydrogen) atoms.